The predicted molar refractivity (Wildman–Crippen MR) is 108 cm³/mol. The lowest BCUT2D eigenvalue weighted by molar-refractivity contribution is -0.121. The number of nitrogens with one attached hydrogen (secondary N) is 1. The number of aryl methyl sites for hydroxylation is 1. The van der Waals surface area contributed by atoms with Crippen molar-refractivity contribution < 1.29 is 9.59 Å². The first-order chi connectivity index (χ1) is 13.0. The first-order valence-electron chi connectivity index (χ1n) is 9.55. The standard InChI is InChI=1S/C22H29N3O2/c1-4-25(5-2)20(18-10-8-17(3)9-11-18)16-24-22(27)13-12-21(26)19-7-6-14-23-15-19/h6-11,14-15,20H,4-5,12-13,16H2,1-3H3,(H,24,27). The molecule has 5 nitrogen and oxygen atoms in total. The Morgan fingerprint density at radius 1 is 1.07 bits per heavy atom. The van der Waals surface area contributed by atoms with Crippen LogP contribution in [0.4, 0.5) is 0 Å². The molecule has 5 heteroatoms. The number of ketones is 1. The highest BCUT2D eigenvalue weighted by atomic mass is 16.2. The zero-order valence-corrected chi connectivity index (χ0v) is 16.4. The van der Waals surface area contributed by atoms with Crippen LogP contribution >= 0.6 is 0 Å². The summed E-state index contributed by atoms with van der Waals surface area (Å²) in [5.41, 5.74) is 2.96. The number of carbonyl (C=O) groups excluding carboxylic acids is 2. The van der Waals surface area contributed by atoms with E-state index in [0.29, 0.717) is 12.1 Å². The van der Waals surface area contributed by atoms with Gasteiger partial charge in [-0.05, 0) is 37.7 Å². The summed E-state index contributed by atoms with van der Waals surface area (Å²) in [6, 6.07) is 12.0. The van der Waals surface area contributed by atoms with Crippen LogP contribution in [0.15, 0.2) is 48.8 Å². The van der Waals surface area contributed by atoms with E-state index in [9.17, 15) is 9.59 Å². The Morgan fingerprint density at radius 3 is 2.37 bits per heavy atom. The fraction of sp³-hybridized carbons (Fsp3) is 0.409. The summed E-state index contributed by atoms with van der Waals surface area (Å²) in [6.07, 6.45) is 3.54. The number of amides is 1. The molecule has 2 aromatic rings. The molecule has 1 aromatic carbocycles. The van der Waals surface area contributed by atoms with Crippen LogP contribution in [-0.4, -0.2) is 41.2 Å². The minimum atomic E-state index is -0.100. The molecule has 144 valence electrons. The maximum atomic E-state index is 12.3. The van der Waals surface area contributed by atoms with Gasteiger partial charge in [0, 0.05) is 37.3 Å². The second kappa shape index (κ2) is 10.6. The summed E-state index contributed by atoms with van der Waals surface area (Å²) < 4.78 is 0. The molecule has 1 heterocycles. The van der Waals surface area contributed by atoms with Gasteiger partial charge >= 0.3 is 0 Å². The van der Waals surface area contributed by atoms with Crippen LogP contribution in [0, 0.1) is 6.92 Å². The summed E-state index contributed by atoms with van der Waals surface area (Å²) in [7, 11) is 0. The van der Waals surface area contributed by atoms with Crippen LogP contribution in [0.1, 0.15) is 54.2 Å². The molecule has 1 unspecified atom stereocenters. The van der Waals surface area contributed by atoms with Gasteiger partial charge in [0.1, 0.15) is 0 Å². The number of nitrogens with zero attached hydrogens (tertiary/aromatic N) is 2. The minimum Gasteiger partial charge on any atom is -0.354 e. The van der Waals surface area contributed by atoms with Gasteiger partial charge in [-0.1, -0.05) is 43.7 Å². The molecule has 1 atom stereocenters. The van der Waals surface area contributed by atoms with E-state index in [1.807, 2.05) is 0 Å². The van der Waals surface area contributed by atoms with Crippen molar-refractivity contribution in [3.05, 3.63) is 65.5 Å². The Labute approximate surface area is 161 Å². The number of benzene rings is 1. The van der Waals surface area contributed by atoms with Gasteiger partial charge in [-0.15, -0.1) is 0 Å². The summed E-state index contributed by atoms with van der Waals surface area (Å²) in [5, 5.41) is 3.00. The molecule has 0 aliphatic heterocycles. The first-order valence-corrected chi connectivity index (χ1v) is 9.55. The fourth-order valence-corrected chi connectivity index (χ4v) is 3.11. The van der Waals surface area contributed by atoms with E-state index < -0.39 is 0 Å². The van der Waals surface area contributed by atoms with Crippen molar-refractivity contribution in [1.82, 2.24) is 15.2 Å². The summed E-state index contributed by atoms with van der Waals surface area (Å²) in [5.74, 6) is -0.159. The molecule has 0 aliphatic carbocycles. The molecular weight excluding hydrogens is 338 g/mol. The molecule has 0 spiro atoms. The number of rotatable bonds is 10. The predicted octanol–water partition coefficient (Wildman–Crippen LogP) is 3.55. The second-order valence-corrected chi connectivity index (χ2v) is 6.62. The Hall–Kier alpha value is -2.53. The SMILES string of the molecule is CCN(CC)C(CNC(=O)CCC(=O)c1cccnc1)c1ccc(C)cc1. The van der Waals surface area contributed by atoms with Crippen LogP contribution in [-0.2, 0) is 4.79 Å². The third kappa shape index (κ3) is 6.29. The van der Waals surface area contributed by atoms with Gasteiger partial charge < -0.3 is 5.32 Å². The summed E-state index contributed by atoms with van der Waals surface area (Å²) >= 11 is 0. The van der Waals surface area contributed by atoms with E-state index >= 15 is 0 Å². The number of likely N-dealkylation sites (N-methyl/N-ethyl adjacent to an activating group) is 1. The van der Waals surface area contributed by atoms with E-state index in [-0.39, 0.29) is 30.6 Å². The van der Waals surface area contributed by atoms with Gasteiger partial charge in [0.2, 0.25) is 5.91 Å². The van der Waals surface area contributed by atoms with Crippen LogP contribution in [0.25, 0.3) is 0 Å². The van der Waals surface area contributed by atoms with Crippen molar-refractivity contribution in [3.63, 3.8) is 0 Å². The molecular formula is C22H29N3O2. The number of pyridine rings is 1. The Balaban J connectivity index is 1.92. The highest BCUT2D eigenvalue weighted by Crippen LogP contribution is 2.20. The van der Waals surface area contributed by atoms with Crippen molar-refractivity contribution >= 4 is 11.7 Å². The highest BCUT2D eigenvalue weighted by Gasteiger charge is 2.19. The number of hydrogen-bond acceptors (Lipinski definition) is 4. The lowest BCUT2D eigenvalue weighted by Gasteiger charge is -2.30. The topological polar surface area (TPSA) is 62.3 Å². The van der Waals surface area contributed by atoms with E-state index in [0.717, 1.165) is 13.1 Å². The van der Waals surface area contributed by atoms with Gasteiger partial charge in [-0.25, -0.2) is 0 Å². The van der Waals surface area contributed by atoms with E-state index in [1.165, 1.54) is 17.3 Å². The van der Waals surface area contributed by atoms with Gasteiger partial charge in [0.25, 0.3) is 0 Å². The normalized spacial score (nSPS) is 12.0. The van der Waals surface area contributed by atoms with Crippen LogP contribution < -0.4 is 5.32 Å². The van der Waals surface area contributed by atoms with Crippen molar-refractivity contribution in [2.75, 3.05) is 19.6 Å². The maximum Gasteiger partial charge on any atom is 0.220 e. The van der Waals surface area contributed by atoms with E-state index in [1.54, 1.807) is 18.3 Å². The molecule has 2 rings (SSSR count). The zero-order valence-electron chi connectivity index (χ0n) is 16.4. The van der Waals surface area contributed by atoms with Crippen molar-refractivity contribution in [2.24, 2.45) is 0 Å². The molecule has 1 amide bonds. The van der Waals surface area contributed by atoms with Crippen LogP contribution in [0.5, 0.6) is 0 Å². The Kier molecular flexibility index (Phi) is 8.14. The smallest absolute Gasteiger partial charge is 0.220 e. The molecule has 1 N–H and O–H groups in total. The van der Waals surface area contributed by atoms with Gasteiger partial charge in [0.15, 0.2) is 5.78 Å². The lowest BCUT2D eigenvalue weighted by Crippen LogP contribution is -2.38. The maximum absolute atomic E-state index is 12.3. The van der Waals surface area contributed by atoms with Gasteiger partial charge in [-0.3, -0.25) is 19.5 Å². The fourth-order valence-electron chi connectivity index (χ4n) is 3.11. The van der Waals surface area contributed by atoms with E-state index in [2.05, 4.69) is 60.2 Å². The number of Topliss-reactive ketones (excluding diaryl/α,β-unsaturated/α-hetero) is 1. The first kappa shape index (κ1) is 20.8. The molecule has 0 saturated heterocycles. The van der Waals surface area contributed by atoms with E-state index in [4.69, 9.17) is 0 Å². The van der Waals surface area contributed by atoms with Crippen LogP contribution in [0.2, 0.25) is 0 Å². The Bertz CT molecular complexity index is 725. The molecule has 0 aliphatic rings. The highest BCUT2D eigenvalue weighted by molar-refractivity contribution is 5.97. The lowest BCUT2D eigenvalue weighted by atomic mass is 10.0. The quantitative estimate of drug-likeness (QED) is 0.652. The average Bonchev–Trinajstić information content (AvgIpc) is 2.70. The molecule has 0 radical (unpaired) electrons. The molecule has 27 heavy (non-hydrogen) atoms. The van der Waals surface area contributed by atoms with Crippen LogP contribution in [0.3, 0.4) is 0 Å². The minimum absolute atomic E-state index is 0.0583. The van der Waals surface area contributed by atoms with Crippen molar-refractivity contribution in [2.45, 2.75) is 39.7 Å². The number of carbonyl (C=O) groups is 2. The second-order valence-electron chi connectivity index (χ2n) is 6.62. The third-order valence-corrected chi connectivity index (χ3v) is 4.77. The molecule has 0 saturated carbocycles. The molecule has 1 aromatic heterocycles. The molecule has 0 bridgehead atoms. The van der Waals surface area contributed by atoms with Crippen molar-refractivity contribution in [1.29, 1.82) is 0 Å². The number of aromatic nitrogens is 1. The number of hydrogen-bond donors (Lipinski definition) is 1. The van der Waals surface area contributed by atoms with Gasteiger partial charge in [-0.2, -0.15) is 0 Å². The molecule has 0 fully saturated rings. The third-order valence-electron chi connectivity index (χ3n) is 4.77. The Morgan fingerprint density at radius 2 is 1.78 bits per heavy atom. The summed E-state index contributed by atoms with van der Waals surface area (Å²) in [4.78, 5) is 30.7. The summed E-state index contributed by atoms with van der Waals surface area (Å²) in [6.45, 7) is 8.66. The van der Waals surface area contributed by atoms with Crippen molar-refractivity contribution in [3.8, 4) is 0 Å². The van der Waals surface area contributed by atoms with Gasteiger partial charge in [0.05, 0.1) is 6.04 Å². The zero-order chi connectivity index (χ0) is 19.6. The largest absolute Gasteiger partial charge is 0.354 e. The average molecular weight is 367 g/mol. The monoisotopic (exact) mass is 367 g/mol.